The first kappa shape index (κ1) is 13.8. The van der Waals surface area contributed by atoms with Gasteiger partial charge in [-0.2, -0.15) is 0 Å². The number of fused-ring (bicyclic) bond motifs is 1. The third kappa shape index (κ3) is 3.05. The van der Waals surface area contributed by atoms with Crippen molar-refractivity contribution in [2.75, 3.05) is 13.2 Å². The van der Waals surface area contributed by atoms with E-state index in [2.05, 4.69) is 4.98 Å². The second kappa shape index (κ2) is 6.04. The van der Waals surface area contributed by atoms with Crippen LogP contribution in [0.4, 0.5) is 0 Å². The molecule has 0 aliphatic rings. The molecule has 5 nitrogen and oxygen atoms in total. The van der Waals surface area contributed by atoms with E-state index < -0.39 is 0 Å². The third-order valence-electron chi connectivity index (χ3n) is 2.86. The maximum Gasteiger partial charge on any atom is 0.121 e. The van der Waals surface area contributed by atoms with Crippen LogP contribution in [-0.2, 0) is 13.0 Å². The Morgan fingerprint density at radius 1 is 1.42 bits per heavy atom. The molecule has 19 heavy (non-hydrogen) atoms. The molecule has 1 heterocycles. The van der Waals surface area contributed by atoms with Crippen LogP contribution < -0.4 is 10.5 Å². The van der Waals surface area contributed by atoms with Crippen molar-refractivity contribution in [3.8, 4) is 5.75 Å². The predicted octanol–water partition coefficient (Wildman–Crippen LogP) is 1.32. The first-order valence-electron chi connectivity index (χ1n) is 6.62. The predicted molar refractivity (Wildman–Crippen MR) is 75.3 cm³/mol. The molecule has 2 aromatic rings. The average Bonchev–Trinajstić information content (AvgIpc) is 2.67. The van der Waals surface area contributed by atoms with Crippen LogP contribution in [0.3, 0.4) is 0 Å². The van der Waals surface area contributed by atoms with E-state index >= 15 is 0 Å². The number of hydrogen-bond acceptors (Lipinski definition) is 4. The molecule has 0 atom stereocenters. The Hall–Kier alpha value is -1.59. The summed E-state index contributed by atoms with van der Waals surface area (Å²) in [5.41, 5.74) is 7.49. The molecular formula is C14H21N3O2. The summed E-state index contributed by atoms with van der Waals surface area (Å²) in [6.07, 6.45) is 0.843. The van der Waals surface area contributed by atoms with Crippen molar-refractivity contribution in [3.63, 3.8) is 0 Å². The van der Waals surface area contributed by atoms with Gasteiger partial charge in [-0.3, -0.25) is 0 Å². The number of rotatable bonds is 6. The molecule has 104 valence electrons. The smallest absolute Gasteiger partial charge is 0.121 e. The minimum absolute atomic E-state index is 0.0906. The van der Waals surface area contributed by atoms with Gasteiger partial charge in [0.15, 0.2) is 0 Å². The van der Waals surface area contributed by atoms with E-state index in [9.17, 15) is 0 Å². The zero-order valence-corrected chi connectivity index (χ0v) is 11.5. The molecule has 1 aromatic carbocycles. The molecular weight excluding hydrogens is 242 g/mol. The van der Waals surface area contributed by atoms with Crippen LogP contribution in [0.15, 0.2) is 18.2 Å². The number of nitrogens with two attached hydrogens (primary N) is 1. The molecule has 0 aliphatic heterocycles. The molecule has 0 spiro atoms. The van der Waals surface area contributed by atoms with Crippen LogP contribution >= 0.6 is 0 Å². The van der Waals surface area contributed by atoms with Crippen molar-refractivity contribution < 1.29 is 9.84 Å². The lowest BCUT2D eigenvalue weighted by Gasteiger charge is -2.09. The first-order chi connectivity index (χ1) is 9.15. The van der Waals surface area contributed by atoms with E-state index in [1.807, 2.05) is 36.6 Å². The number of ether oxygens (including phenoxy) is 1. The Labute approximate surface area is 113 Å². The molecule has 5 heteroatoms. The summed E-state index contributed by atoms with van der Waals surface area (Å²) in [6, 6.07) is 5.85. The quantitative estimate of drug-likeness (QED) is 0.824. The summed E-state index contributed by atoms with van der Waals surface area (Å²) < 4.78 is 7.68. The summed E-state index contributed by atoms with van der Waals surface area (Å²) in [5, 5.41) is 9.16. The topological polar surface area (TPSA) is 73.3 Å². The van der Waals surface area contributed by atoms with Crippen LogP contribution in [-0.4, -0.2) is 33.9 Å². The third-order valence-corrected chi connectivity index (χ3v) is 2.86. The van der Waals surface area contributed by atoms with Gasteiger partial charge in [-0.25, -0.2) is 4.98 Å². The number of imidazole rings is 1. The lowest BCUT2D eigenvalue weighted by Crippen LogP contribution is -2.11. The van der Waals surface area contributed by atoms with Crippen molar-refractivity contribution in [2.45, 2.75) is 32.9 Å². The second-order valence-corrected chi connectivity index (χ2v) is 4.76. The second-order valence-electron chi connectivity index (χ2n) is 4.76. The molecule has 1 aromatic heterocycles. The average molecular weight is 263 g/mol. The van der Waals surface area contributed by atoms with Gasteiger partial charge in [-0.05, 0) is 32.5 Å². The van der Waals surface area contributed by atoms with Crippen LogP contribution in [0, 0.1) is 0 Å². The molecule has 0 bridgehead atoms. The molecule has 0 radical (unpaired) electrons. The van der Waals surface area contributed by atoms with Crippen LogP contribution in [0.1, 0.15) is 19.7 Å². The number of aliphatic hydroxyl groups excluding tert-OH is 1. The Morgan fingerprint density at radius 3 is 2.84 bits per heavy atom. The van der Waals surface area contributed by atoms with Gasteiger partial charge in [-0.1, -0.05) is 0 Å². The first-order valence-corrected chi connectivity index (χ1v) is 6.62. The molecule has 0 unspecified atom stereocenters. The van der Waals surface area contributed by atoms with Gasteiger partial charge in [-0.15, -0.1) is 0 Å². The fourth-order valence-corrected chi connectivity index (χ4v) is 2.17. The monoisotopic (exact) mass is 263 g/mol. The Bertz CT molecular complexity index is 549. The van der Waals surface area contributed by atoms with E-state index in [-0.39, 0.29) is 12.7 Å². The van der Waals surface area contributed by atoms with Crippen molar-refractivity contribution in [3.05, 3.63) is 24.0 Å². The number of benzene rings is 1. The van der Waals surface area contributed by atoms with Gasteiger partial charge in [0.05, 0.1) is 23.7 Å². The maximum atomic E-state index is 9.16. The number of aliphatic hydroxyl groups is 1. The maximum absolute atomic E-state index is 9.16. The normalized spacial score (nSPS) is 11.4. The van der Waals surface area contributed by atoms with Gasteiger partial charge >= 0.3 is 0 Å². The van der Waals surface area contributed by atoms with E-state index in [1.54, 1.807) is 0 Å². The largest absolute Gasteiger partial charge is 0.491 e. The van der Waals surface area contributed by atoms with Gasteiger partial charge in [0, 0.05) is 19.0 Å². The molecule has 0 aliphatic carbocycles. The highest BCUT2D eigenvalue weighted by atomic mass is 16.5. The number of hydrogen-bond donors (Lipinski definition) is 2. The molecule has 0 fully saturated rings. The highest BCUT2D eigenvalue weighted by Crippen LogP contribution is 2.23. The van der Waals surface area contributed by atoms with Crippen molar-refractivity contribution in [2.24, 2.45) is 5.73 Å². The van der Waals surface area contributed by atoms with Crippen LogP contribution in [0.5, 0.6) is 5.75 Å². The minimum Gasteiger partial charge on any atom is -0.491 e. The van der Waals surface area contributed by atoms with E-state index in [4.69, 9.17) is 15.6 Å². The fraction of sp³-hybridized carbons (Fsp3) is 0.500. The standard InChI is InChI=1S/C14H21N3O2/c1-10(2)19-11-3-4-13-12(9-11)16-14(5-6-15)17(13)7-8-18/h3-4,9-10,18H,5-8,15H2,1-2H3. The van der Waals surface area contributed by atoms with Gasteiger partial charge < -0.3 is 20.1 Å². The molecule has 2 rings (SSSR count). The molecule has 3 N–H and O–H groups in total. The zero-order chi connectivity index (χ0) is 13.8. The van der Waals surface area contributed by atoms with Crippen molar-refractivity contribution in [1.29, 1.82) is 0 Å². The Morgan fingerprint density at radius 2 is 2.21 bits per heavy atom. The van der Waals surface area contributed by atoms with Gasteiger partial charge in [0.1, 0.15) is 11.6 Å². The lowest BCUT2D eigenvalue weighted by molar-refractivity contribution is 0.242. The summed E-state index contributed by atoms with van der Waals surface area (Å²) >= 11 is 0. The molecule has 0 saturated carbocycles. The highest BCUT2D eigenvalue weighted by molar-refractivity contribution is 5.77. The Balaban J connectivity index is 2.43. The van der Waals surface area contributed by atoms with Crippen LogP contribution in [0.2, 0.25) is 0 Å². The summed E-state index contributed by atoms with van der Waals surface area (Å²) in [7, 11) is 0. The molecule has 0 saturated heterocycles. The SMILES string of the molecule is CC(C)Oc1ccc2c(c1)nc(CCN)n2CCO. The summed E-state index contributed by atoms with van der Waals surface area (Å²) in [6.45, 7) is 5.16. The van der Waals surface area contributed by atoms with Crippen LogP contribution in [0.25, 0.3) is 11.0 Å². The number of nitrogens with zero attached hydrogens (tertiary/aromatic N) is 2. The van der Waals surface area contributed by atoms with Gasteiger partial charge in [0.25, 0.3) is 0 Å². The fourth-order valence-electron chi connectivity index (χ4n) is 2.17. The van der Waals surface area contributed by atoms with Crippen molar-refractivity contribution >= 4 is 11.0 Å². The van der Waals surface area contributed by atoms with E-state index in [0.717, 1.165) is 22.6 Å². The minimum atomic E-state index is 0.0906. The number of aromatic nitrogens is 2. The summed E-state index contributed by atoms with van der Waals surface area (Å²) in [5.74, 6) is 1.73. The highest BCUT2D eigenvalue weighted by Gasteiger charge is 2.11. The summed E-state index contributed by atoms with van der Waals surface area (Å²) in [4.78, 5) is 4.58. The zero-order valence-electron chi connectivity index (χ0n) is 11.5. The van der Waals surface area contributed by atoms with Crippen molar-refractivity contribution in [1.82, 2.24) is 9.55 Å². The van der Waals surface area contributed by atoms with E-state index in [0.29, 0.717) is 19.5 Å². The molecule has 0 amide bonds. The van der Waals surface area contributed by atoms with Gasteiger partial charge in [0.2, 0.25) is 0 Å². The Kier molecular flexibility index (Phi) is 4.39. The lowest BCUT2D eigenvalue weighted by atomic mass is 10.3. The van der Waals surface area contributed by atoms with E-state index in [1.165, 1.54) is 0 Å².